The van der Waals surface area contributed by atoms with E-state index in [1.54, 1.807) is 12.3 Å². The van der Waals surface area contributed by atoms with Gasteiger partial charge in [-0.2, -0.15) is 0 Å². The number of oxime groups is 1. The minimum absolute atomic E-state index is 0.000546. The van der Waals surface area contributed by atoms with E-state index in [2.05, 4.69) is 27.0 Å². The van der Waals surface area contributed by atoms with E-state index in [9.17, 15) is 0 Å². The van der Waals surface area contributed by atoms with Crippen molar-refractivity contribution in [2.24, 2.45) is 10.9 Å². The van der Waals surface area contributed by atoms with Crippen LogP contribution in [-0.2, 0) is 0 Å². The first-order chi connectivity index (χ1) is 9.13. The summed E-state index contributed by atoms with van der Waals surface area (Å²) >= 11 is 6.32. The predicted molar refractivity (Wildman–Crippen MR) is 76.1 cm³/mol. The Kier molecular flexibility index (Phi) is 4.44. The van der Waals surface area contributed by atoms with E-state index < -0.39 is 0 Å². The van der Waals surface area contributed by atoms with Gasteiger partial charge in [-0.05, 0) is 26.1 Å². The number of hydrogen-bond donors (Lipinski definition) is 2. The summed E-state index contributed by atoms with van der Waals surface area (Å²) in [6.45, 7) is 3.79. The van der Waals surface area contributed by atoms with Crippen molar-refractivity contribution < 1.29 is 5.21 Å². The standard InChI is InChI=1S/C12H18ClN5O/c1-17-5-2-6-18(8-7-17)12-10(13)9(3-4-15-12)11(14)16-19/h3-4,19H,2,5-8H2,1H3,(H2,14,16). The molecule has 1 aliphatic heterocycles. The molecule has 1 fully saturated rings. The number of nitrogens with two attached hydrogens (primary N) is 1. The van der Waals surface area contributed by atoms with Crippen LogP contribution in [0.2, 0.25) is 5.02 Å². The molecule has 0 spiro atoms. The highest BCUT2D eigenvalue weighted by Crippen LogP contribution is 2.27. The third kappa shape index (κ3) is 3.08. The molecule has 19 heavy (non-hydrogen) atoms. The maximum atomic E-state index is 8.76. The van der Waals surface area contributed by atoms with Crippen LogP contribution in [0, 0.1) is 0 Å². The lowest BCUT2D eigenvalue weighted by atomic mass is 10.2. The second kappa shape index (κ2) is 6.08. The molecular weight excluding hydrogens is 266 g/mol. The molecule has 1 aliphatic rings. The molecule has 0 amide bonds. The van der Waals surface area contributed by atoms with Gasteiger partial charge in [0.25, 0.3) is 0 Å². The maximum Gasteiger partial charge on any atom is 0.171 e. The van der Waals surface area contributed by atoms with E-state index in [4.69, 9.17) is 22.5 Å². The van der Waals surface area contributed by atoms with Gasteiger partial charge in [0.15, 0.2) is 5.84 Å². The second-order valence-corrected chi connectivity index (χ2v) is 5.00. The zero-order valence-corrected chi connectivity index (χ0v) is 11.6. The summed E-state index contributed by atoms with van der Waals surface area (Å²) < 4.78 is 0. The van der Waals surface area contributed by atoms with E-state index in [0.29, 0.717) is 16.4 Å². The van der Waals surface area contributed by atoms with Crippen LogP contribution in [0.15, 0.2) is 17.4 Å². The molecule has 1 aromatic rings. The Hall–Kier alpha value is -1.53. The first-order valence-electron chi connectivity index (χ1n) is 6.19. The summed E-state index contributed by atoms with van der Waals surface area (Å²) in [5, 5.41) is 12.2. The fraction of sp³-hybridized carbons (Fsp3) is 0.500. The number of anilines is 1. The minimum Gasteiger partial charge on any atom is -0.409 e. The van der Waals surface area contributed by atoms with E-state index in [-0.39, 0.29) is 5.84 Å². The Balaban J connectivity index is 2.29. The molecule has 0 atom stereocenters. The quantitative estimate of drug-likeness (QED) is 0.366. The summed E-state index contributed by atoms with van der Waals surface area (Å²) in [6, 6.07) is 1.64. The normalized spacial score (nSPS) is 18.4. The number of halogens is 1. The Morgan fingerprint density at radius 3 is 2.95 bits per heavy atom. The van der Waals surface area contributed by atoms with Gasteiger partial charge in [0.05, 0.1) is 5.02 Å². The monoisotopic (exact) mass is 283 g/mol. The number of pyridine rings is 1. The maximum absolute atomic E-state index is 8.76. The molecule has 104 valence electrons. The summed E-state index contributed by atoms with van der Waals surface area (Å²) in [5.74, 6) is 0.696. The van der Waals surface area contributed by atoms with Crippen molar-refractivity contribution >= 4 is 23.3 Å². The van der Waals surface area contributed by atoms with E-state index in [1.807, 2.05) is 0 Å². The summed E-state index contributed by atoms with van der Waals surface area (Å²) in [4.78, 5) is 8.75. The van der Waals surface area contributed by atoms with Crippen LogP contribution < -0.4 is 10.6 Å². The molecule has 0 aromatic carbocycles. The van der Waals surface area contributed by atoms with Gasteiger partial charge in [0.1, 0.15) is 5.82 Å². The molecule has 2 heterocycles. The number of aromatic nitrogens is 1. The number of rotatable bonds is 2. The van der Waals surface area contributed by atoms with Crippen LogP contribution in [-0.4, -0.2) is 54.2 Å². The molecule has 0 aliphatic carbocycles. The van der Waals surface area contributed by atoms with Gasteiger partial charge in [-0.1, -0.05) is 16.8 Å². The first-order valence-corrected chi connectivity index (χ1v) is 6.57. The highest BCUT2D eigenvalue weighted by molar-refractivity contribution is 6.36. The predicted octanol–water partition coefficient (Wildman–Crippen LogP) is 0.971. The average molecular weight is 284 g/mol. The molecular formula is C12H18ClN5O. The van der Waals surface area contributed by atoms with E-state index in [1.165, 1.54) is 0 Å². The van der Waals surface area contributed by atoms with Crippen molar-refractivity contribution in [3.05, 3.63) is 22.8 Å². The van der Waals surface area contributed by atoms with Crippen molar-refractivity contribution in [1.29, 1.82) is 0 Å². The molecule has 3 N–H and O–H groups in total. The number of nitrogens with zero attached hydrogens (tertiary/aromatic N) is 4. The molecule has 6 nitrogen and oxygen atoms in total. The Morgan fingerprint density at radius 1 is 1.42 bits per heavy atom. The molecule has 1 aromatic heterocycles. The minimum atomic E-state index is 0.000546. The van der Waals surface area contributed by atoms with Crippen LogP contribution in [0.4, 0.5) is 5.82 Å². The SMILES string of the molecule is CN1CCCN(c2nccc(/C(N)=N/O)c2Cl)CC1. The molecule has 2 rings (SSSR count). The topological polar surface area (TPSA) is 78.0 Å². The lowest BCUT2D eigenvalue weighted by Gasteiger charge is -2.23. The lowest BCUT2D eigenvalue weighted by Crippen LogP contribution is -2.30. The van der Waals surface area contributed by atoms with Gasteiger partial charge >= 0.3 is 0 Å². The summed E-state index contributed by atoms with van der Waals surface area (Å²) in [7, 11) is 2.10. The molecule has 0 bridgehead atoms. The first kappa shape index (κ1) is 13.9. The van der Waals surface area contributed by atoms with Crippen molar-refractivity contribution in [3.8, 4) is 0 Å². The van der Waals surface area contributed by atoms with Crippen LogP contribution >= 0.6 is 11.6 Å². The van der Waals surface area contributed by atoms with Gasteiger partial charge in [-0.15, -0.1) is 0 Å². The fourth-order valence-electron chi connectivity index (χ4n) is 2.16. The van der Waals surface area contributed by atoms with Gasteiger partial charge in [-0.25, -0.2) is 4.98 Å². The number of amidine groups is 1. The molecule has 0 unspecified atom stereocenters. The van der Waals surface area contributed by atoms with Crippen molar-refractivity contribution in [2.45, 2.75) is 6.42 Å². The summed E-state index contributed by atoms with van der Waals surface area (Å²) in [5.41, 5.74) is 6.11. The smallest absolute Gasteiger partial charge is 0.171 e. The van der Waals surface area contributed by atoms with Crippen molar-refractivity contribution in [2.75, 3.05) is 38.1 Å². The van der Waals surface area contributed by atoms with Crippen molar-refractivity contribution in [3.63, 3.8) is 0 Å². The molecule has 0 radical (unpaired) electrons. The van der Waals surface area contributed by atoms with Gasteiger partial charge < -0.3 is 20.7 Å². The molecule has 0 saturated carbocycles. The van der Waals surface area contributed by atoms with Crippen molar-refractivity contribution in [1.82, 2.24) is 9.88 Å². The van der Waals surface area contributed by atoms with Crippen LogP contribution in [0.1, 0.15) is 12.0 Å². The zero-order chi connectivity index (χ0) is 13.8. The van der Waals surface area contributed by atoms with E-state index in [0.717, 1.165) is 32.6 Å². The Labute approximate surface area is 117 Å². The zero-order valence-electron chi connectivity index (χ0n) is 10.9. The Morgan fingerprint density at radius 2 is 2.21 bits per heavy atom. The third-order valence-corrected chi connectivity index (χ3v) is 3.65. The highest BCUT2D eigenvalue weighted by atomic mass is 35.5. The average Bonchev–Trinajstić information content (AvgIpc) is 2.63. The summed E-state index contributed by atoms with van der Waals surface area (Å²) in [6.07, 6.45) is 2.69. The van der Waals surface area contributed by atoms with E-state index >= 15 is 0 Å². The highest BCUT2D eigenvalue weighted by Gasteiger charge is 2.19. The number of hydrogen-bond acceptors (Lipinski definition) is 5. The van der Waals surface area contributed by atoms with Gasteiger partial charge in [0.2, 0.25) is 0 Å². The molecule has 1 saturated heterocycles. The number of likely N-dealkylation sites (N-methyl/N-ethyl adjacent to an activating group) is 1. The molecule has 7 heteroatoms. The van der Waals surface area contributed by atoms with Crippen LogP contribution in [0.25, 0.3) is 0 Å². The lowest BCUT2D eigenvalue weighted by molar-refractivity contribution is 0.318. The van der Waals surface area contributed by atoms with Gasteiger partial charge in [0, 0.05) is 31.4 Å². The largest absolute Gasteiger partial charge is 0.409 e. The van der Waals surface area contributed by atoms with Crippen LogP contribution in [0.3, 0.4) is 0 Å². The third-order valence-electron chi connectivity index (χ3n) is 3.27. The second-order valence-electron chi connectivity index (χ2n) is 4.63. The van der Waals surface area contributed by atoms with Gasteiger partial charge in [-0.3, -0.25) is 0 Å². The Bertz CT molecular complexity index is 479. The van der Waals surface area contributed by atoms with Crippen LogP contribution in [0.5, 0.6) is 0 Å². The fourth-order valence-corrected chi connectivity index (χ4v) is 2.49.